The minimum absolute atomic E-state index is 0.366. The lowest BCUT2D eigenvalue weighted by Crippen LogP contribution is -2.22. The van der Waals surface area contributed by atoms with E-state index < -0.39 is 0 Å². The summed E-state index contributed by atoms with van der Waals surface area (Å²) in [5.74, 6) is 1.34. The number of aromatic nitrogens is 2. The lowest BCUT2D eigenvalue weighted by Gasteiger charge is -2.12. The summed E-state index contributed by atoms with van der Waals surface area (Å²) in [6, 6.07) is 11.1. The number of hydrogen-bond donors (Lipinski definition) is 1. The van der Waals surface area contributed by atoms with Crippen LogP contribution in [0.5, 0.6) is 0 Å². The lowest BCUT2D eigenvalue weighted by molar-refractivity contribution is 0.576. The fourth-order valence-electron chi connectivity index (χ4n) is 2.81. The van der Waals surface area contributed by atoms with Gasteiger partial charge >= 0.3 is 0 Å². The van der Waals surface area contributed by atoms with E-state index in [1.807, 2.05) is 12.3 Å². The maximum atomic E-state index is 4.75. The topological polar surface area (TPSA) is 37.8 Å². The van der Waals surface area contributed by atoms with Crippen LogP contribution in [0.3, 0.4) is 0 Å². The van der Waals surface area contributed by atoms with Crippen LogP contribution in [0.1, 0.15) is 48.8 Å². The molecule has 1 aliphatic rings. The maximum absolute atomic E-state index is 4.75. The minimum Gasteiger partial charge on any atom is -0.309 e. The fourth-order valence-corrected chi connectivity index (χ4v) is 2.81. The van der Waals surface area contributed by atoms with Crippen LogP contribution in [0.15, 0.2) is 36.5 Å². The molecule has 1 aromatic heterocycles. The van der Waals surface area contributed by atoms with Gasteiger partial charge < -0.3 is 5.32 Å². The summed E-state index contributed by atoms with van der Waals surface area (Å²) in [5.41, 5.74) is 3.93. The Morgan fingerprint density at radius 3 is 2.95 bits per heavy atom. The third-order valence-corrected chi connectivity index (χ3v) is 3.87. The standard InChI is InChI=1S/C17H21N3/c1-12(2)19-11-14-9-10-18-17(20-14)16-8-7-13-5-3-4-6-15(13)16/h3-6,9-10,12,16,19H,7-8,11H2,1-2H3. The Kier molecular flexibility index (Phi) is 3.79. The predicted molar refractivity (Wildman–Crippen MR) is 80.6 cm³/mol. The second kappa shape index (κ2) is 5.71. The zero-order valence-corrected chi connectivity index (χ0v) is 12.1. The third kappa shape index (κ3) is 2.73. The molecule has 1 aromatic carbocycles. The molecule has 0 fully saturated rings. The number of hydrogen-bond acceptors (Lipinski definition) is 3. The summed E-state index contributed by atoms with van der Waals surface area (Å²) >= 11 is 0. The van der Waals surface area contributed by atoms with Gasteiger partial charge in [0.1, 0.15) is 5.82 Å². The molecule has 20 heavy (non-hydrogen) atoms. The van der Waals surface area contributed by atoms with E-state index in [1.54, 1.807) is 0 Å². The van der Waals surface area contributed by atoms with E-state index in [1.165, 1.54) is 11.1 Å². The number of benzene rings is 1. The zero-order chi connectivity index (χ0) is 13.9. The van der Waals surface area contributed by atoms with Crippen LogP contribution in [0.25, 0.3) is 0 Å². The Morgan fingerprint density at radius 1 is 1.25 bits per heavy atom. The smallest absolute Gasteiger partial charge is 0.136 e. The van der Waals surface area contributed by atoms with Crippen molar-refractivity contribution in [2.75, 3.05) is 0 Å². The maximum Gasteiger partial charge on any atom is 0.136 e. The summed E-state index contributed by atoms with van der Waals surface area (Å²) in [6.45, 7) is 5.10. The molecule has 0 aliphatic heterocycles. The Bertz CT molecular complexity index is 592. The van der Waals surface area contributed by atoms with Crippen molar-refractivity contribution in [1.29, 1.82) is 0 Å². The summed E-state index contributed by atoms with van der Waals surface area (Å²) in [4.78, 5) is 9.26. The van der Waals surface area contributed by atoms with E-state index in [0.717, 1.165) is 30.9 Å². The van der Waals surface area contributed by atoms with Gasteiger partial charge in [0, 0.05) is 24.7 Å². The summed E-state index contributed by atoms with van der Waals surface area (Å²) in [6.07, 6.45) is 4.15. The van der Waals surface area contributed by atoms with Crippen LogP contribution in [-0.4, -0.2) is 16.0 Å². The van der Waals surface area contributed by atoms with Gasteiger partial charge in [-0.05, 0) is 30.0 Å². The van der Waals surface area contributed by atoms with Crippen LogP contribution in [0, 0.1) is 0 Å². The van der Waals surface area contributed by atoms with E-state index in [4.69, 9.17) is 4.98 Å². The Morgan fingerprint density at radius 2 is 2.10 bits per heavy atom. The molecule has 0 amide bonds. The molecular weight excluding hydrogens is 246 g/mol. The lowest BCUT2D eigenvalue weighted by atomic mass is 10.0. The average Bonchev–Trinajstić information content (AvgIpc) is 2.89. The van der Waals surface area contributed by atoms with Crippen molar-refractivity contribution in [2.24, 2.45) is 0 Å². The van der Waals surface area contributed by atoms with Crippen LogP contribution >= 0.6 is 0 Å². The summed E-state index contributed by atoms with van der Waals surface area (Å²) in [7, 11) is 0. The Labute approximate surface area is 120 Å². The quantitative estimate of drug-likeness (QED) is 0.925. The first kappa shape index (κ1) is 13.3. The van der Waals surface area contributed by atoms with Gasteiger partial charge in [0.05, 0.1) is 5.69 Å². The van der Waals surface area contributed by atoms with Gasteiger partial charge in [0.25, 0.3) is 0 Å². The zero-order valence-electron chi connectivity index (χ0n) is 12.1. The molecule has 0 saturated heterocycles. The van der Waals surface area contributed by atoms with Crippen LogP contribution in [-0.2, 0) is 13.0 Å². The Hall–Kier alpha value is -1.74. The molecule has 1 aliphatic carbocycles. The Balaban J connectivity index is 1.83. The number of fused-ring (bicyclic) bond motifs is 1. The molecule has 2 aromatic rings. The third-order valence-electron chi connectivity index (χ3n) is 3.87. The molecular formula is C17H21N3. The molecule has 1 atom stereocenters. The van der Waals surface area contributed by atoms with Gasteiger partial charge in [-0.2, -0.15) is 0 Å². The first-order valence-electron chi connectivity index (χ1n) is 7.37. The molecule has 0 radical (unpaired) electrons. The van der Waals surface area contributed by atoms with E-state index in [2.05, 4.69) is 48.4 Å². The van der Waals surface area contributed by atoms with Crippen LogP contribution in [0.4, 0.5) is 0 Å². The highest BCUT2D eigenvalue weighted by molar-refractivity contribution is 5.38. The van der Waals surface area contributed by atoms with Crippen molar-refractivity contribution >= 4 is 0 Å². The largest absolute Gasteiger partial charge is 0.309 e. The molecule has 0 spiro atoms. The van der Waals surface area contributed by atoms with Crippen LogP contribution in [0.2, 0.25) is 0 Å². The molecule has 3 rings (SSSR count). The van der Waals surface area contributed by atoms with Crippen molar-refractivity contribution in [3.63, 3.8) is 0 Å². The minimum atomic E-state index is 0.366. The van der Waals surface area contributed by atoms with Gasteiger partial charge in [0.2, 0.25) is 0 Å². The van der Waals surface area contributed by atoms with Crippen LogP contribution < -0.4 is 5.32 Å². The summed E-state index contributed by atoms with van der Waals surface area (Å²) < 4.78 is 0. The van der Waals surface area contributed by atoms with Gasteiger partial charge in [-0.15, -0.1) is 0 Å². The molecule has 0 bridgehead atoms. The second-order valence-corrected chi connectivity index (χ2v) is 5.73. The van der Waals surface area contributed by atoms with Gasteiger partial charge in [-0.1, -0.05) is 38.1 Å². The highest BCUT2D eigenvalue weighted by atomic mass is 14.9. The van der Waals surface area contributed by atoms with Crippen molar-refractivity contribution in [2.45, 2.75) is 45.2 Å². The highest BCUT2D eigenvalue weighted by Gasteiger charge is 2.25. The molecule has 3 heteroatoms. The van der Waals surface area contributed by atoms with E-state index in [9.17, 15) is 0 Å². The predicted octanol–water partition coefficient (Wildman–Crippen LogP) is 3.05. The van der Waals surface area contributed by atoms with E-state index >= 15 is 0 Å². The van der Waals surface area contributed by atoms with Gasteiger partial charge in [-0.3, -0.25) is 0 Å². The fraction of sp³-hybridized carbons (Fsp3) is 0.412. The monoisotopic (exact) mass is 267 g/mol. The second-order valence-electron chi connectivity index (χ2n) is 5.73. The molecule has 1 N–H and O–H groups in total. The molecule has 1 heterocycles. The van der Waals surface area contributed by atoms with E-state index in [0.29, 0.717) is 12.0 Å². The SMILES string of the molecule is CC(C)NCc1ccnc(C2CCc3ccccc32)n1. The van der Waals surface area contributed by atoms with Crippen molar-refractivity contribution < 1.29 is 0 Å². The molecule has 3 nitrogen and oxygen atoms in total. The van der Waals surface area contributed by atoms with Crippen molar-refractivity contribution in [1.82, 2.24) is 15.3 Å². The average molecular weight is 267 g/mol. The van der Waals surface area contributed by atoms with Gasteiger partial charge in [0.15, 0.2) is 0 Å². The number of nitrogens with one attached hydrogen (secondary N) is 1. The number of aryl methyl sites for hydroxylation is 1. The van der Waals surface area contributed by atoms with Crippen molar-refractivity contribution in [3.8, 4) is 0 Å². The van der Waals surface area contributed by atoms with Gasteiger partial charge in [-0.25, -0.2) is 9.97 Å². The first-order valence-corrected chi connectivity index (χ1v) is 7.37. The molecule has 0 saturated carbocycles. The normalized spacial score (nSPS) is 17.4. The van der Waals surface area contributed by atoms with Crippen molar-refractivity contribution in [3.05, 3.63) is 59.2 Å². The van der Waals surface area contributed by atoms with E-state index in [-0.39, 0.29) is 0 Å². The highest BCUT2D eigenvalue weighted by Crippen LogP contribution is 2.36. The first-order chi connectivity index (χ1) is 9.74. The number of rotatable bonds is 4. The molecule has 104 valence electrons. The molecule has 1 unspecified atom stereocenters. The number of nitrogens with zero attached hydrogens (tertiary/aromatic N) is 2. The summed E-state index contributed by atoms with van der Waals surface area (Å²) in [5, 5.41) is 3.41.